The van der Waals surface area contributed by atoms with Gasteiger partial charge < -0.3 is 20.3 Å². The lowest BCUT2D eigenvalue weighted by Gasteiger charge is -2.19. The Balaban J connectivity index is 1.72. The largest absolute Gasteiger partial charge is 0.477 e. The molecule has 31 heavy (non-hydrogen) atoms. The number of nitrogens with zero attached hydrogens (tertiary/aromatic N) is 5. The molecule has 0 saturated heterocycles. The number of pyridine rings is 4. The highest BCUT2D eigenvalue weighted by atomic mass is 16.4. The summed E-state index contributed by atoms with van der Waals surface area (Å²) in [7, 11) is 0. The van der Waals surface area contributed by atoms with Crippen LogP contribution in [0.15, 0.2) is 53.8 Å². The first kappa shape index (κ1) is 18.7. The fourth-order valence-electron chi connectivity index (χ4n) is 3.92. The molecule has 5 rings (SSSR count). The second-order valence-corrected chi connectivity index (χ2v) is 7.47. The first-order chi connectivity index (χ1) is 14.9. The van der Waals surface area contributed by atoms with Crippen molar-refractivity contribution in [2.45, 2.75) is 20.0 Å². The van der Waals surface area contributed by atoms with Crippen LogP contribution >= 0.6 is 0 Å². The first-order valence-electron chi connectivity index (χ1n) is 9.61. The van der Waals surface area contributed by atoms with Crippen molar-refractivity contribution in [3.63, 3.8) is 0 Å². The van der Waals surface area contributed by atoms with Gasteiger partial charge >= 0.3 is 5.97 Å². The molecule has 0 atom stereocenters. The molecular formula is C22H18N6O3. The van der Waals surface area contributed by atoms with Crippen LogP contribution in [0.5, 0.6) is 0 Å². The van der Waals surface area contributed by atoms with Gasteiger partial charge in [-0.05, 0) is 30.2 Å². The number of carbonyl (C=O) groups is 1. The lowest BCUT2D eigenvalue weighted by Crippen LogP contribution is -2.21. The molecule has 0 fully saturated rings. The Kier molecular flexibility index (Phi) is 4.18. The minimum atomic E-state index is -1.30. The SMILES string of the molecule is Cc1cc(N)ncc1-n1cc(C(=O)O)c(=O)c2cnc(N3Cc4cccnc4C3)cc21. The number of fused-ring (bicyclic) bond motifs is 2. The van der Waals surface area contributed by atoms with Gasteiger partial charge in [0.15, 0.2) is 0 Å². The van der Waals surface area contributed by atoms with Crippen molar-refractivity contribution in [1.82, 2.24) is 19.5 Å². The number of hydrogen-bond donors (Lipinski definition) is 2. The number of aromatic carboxylic acids is 1. The zero-order valence-electron chi connectivity index (χ0n) is 16.6. The van der Waals surface area contributed by atoms with E-state index in [1.165, 1.54) is 12.4 Å². The van der Waals surface area contributed by atoms with Crippen LogP contribution in [0.4, 0.5) is 11.6 Å². The summed E-state index contributed by atoms with van der Waals surface area (Å²) >= 11 is 0. The Bertz CT molecular complexity index is 1400. The summed E-state index contributed by atoms with van der Waals surface area (Å²) < 4.78 is 1.66. The number of carboxylic acids is 1. The van der Waals surface area contributed by atoms with Crippen molar-refractivity contribution < 1.29 is 9.90 Å². The van der Waals surface area contributed by atoms with E-state index < -0.39 is 11.4 Å². The van der Waals surface area contributed by atoms with Gasteiger partial charge in [0.25, 0.3) is 0 Å². The molecule has 154 valence electrons. The standard InChI is InChI=1S/C22H18N6O3/c1-12-5-19(23)25-8-18(12)28-10-15(22(30)31)21(29)14-7-26-20(6-17(14)28)27-9-13-3-2-4-24-16(13)11-27/h2-8,10H,9,11H2,1H3,(H2,23,25)(H,30,31). The molecule has 0 aliphatic carbocycles. The summed E-state index contributed by atoms with van der Waals surface area (Å²) in [4.78, 5) is 39.6. The fourth-order valence-corrected chi connectivity index (χ4v) is 3.92. The van der Waals surface area contributed by atoms with E-state index in [1.807, 2.05) is 19.1 Å². The summed E-state index contributed by atoms with van der Waals surface area (Å²) in [6.07, 6.45) is 6.10. The van der Waals surface area contributed by atoms with Crippen molar-refractivity contribution in [2.24, 2.45) is 0 Å². The lowest BCUT2D eigenvalue weighted by molar-refractivity contribution is 0.0695. The third-order valence-corrected chi connectivity index (χ3v) is 5.48. The molecule has 3 N–H and O–H groups in total. The molecule has 0 amide bonds. The molecule has 9 nitrogen and oxygen atoms in total. The summed E-state index contributed by atoms with van der Waals surface area (Å²) in [6, 6.07) is 7.43. The zero-order chi connectivity index (χ0) is 21.7. The van der Waals surface area contributed by atoms with Gasteiger partial charge in [-0.2, -0.15) is 0 Å². The molecule has 4 aromatic rings. The Morgan fingerprint density at radius 2 is 2.00 bits per heavy atom. The predicted octanol–water partition coefficient (Wildman–Crippen LogP) is 2.28. The topological polar surface area (TPSA) is 127 Å². The van der Waals surface area contributed by atoms with E-state index in [9.17, 15) is 14.7 Å². The van der Waals surface area contributed by atoms with Crippen LogP contribution < -0.4 is 16.1 Å². The first-order valence-corrected chi connectivity index (χ1v) is 9.61. The van der Waals surface area contributed by atoms with Crippen molar-refractivity contribution >= 4 is 28.5 Å². The van der Waals surface area contributed by atoms with Gasteiger partial charge in [-0.1, -0.05) is 6.07 Å². The molecule has 9 heteroatoms. The van der Waals surface area contributed by atoms with Gasteiger partial charge in [-0.25, -0.2) is 14.8 Å². The maximum atomic E-state index is 12.8. The van der Waals surface area contributed by atoms with Crippen LogP contribution in [0.3, 0.4) is 0 Å². The number of carboxylic acid groups (broad SMARTS) is 1. The number of aromatic nitrogens is 4. The maximum absolute atomic E-state index is 12.8. The smallest absolute Gasteiger partial charge is 0.341 e. The highest BCUT2D eigenvalue weighted by Crippen LogP contribution is 2.28. The van der Waals surface area contributed by atoms with Crippen molar-refractivity contribution in [2.75, 3.05) is 10.6 Å². The van der Waals surface area contributed by atoms with Crippen LogP contribution in [-0.2, 0) is 13.1 Å². The zero-order valence-corrected chi connectivity index (χ0v) is 16.6. The highest BCUT2D eigenvalue weighted by Gasteiger charge is 2.23. The third kappa shape index (κ3) is 3.07. The molecule has 0 bridgehead atoms. The number of anilines is 2. The van der Waals surface area contributed by atoms with E-state index in [2.05, 4.69) is 19.9 Å². The summed E-state index contributed by atoms with van der Waals surface area (Å²) in [6.45, 7) is 3.11. The van der Waals surface area contributed by atoms with E-state index in [1.54, 1.807) is 29.1 Å². The fraction of sp³-hybridized carbons (Fsp3) is 0.136. The average molecular weight is 414 g/mol. The molecule has 0 spiro atoms. The molecule has 4 aromatic heterocycles. The molecule has 0 unspecified atom stereocenters. The molecule has 1 aliphatic heterocycles. The van der Waals surface area contributed by atoms with Gasteiger partial charge in [0, 0.05) is 31.2 Å². The number of aryl methyl sites for hydroxylation is 1. The molecule has 1 aliphatic rings. The lowest BCUT2D eigenvalue weighted by atomic mass is 10.1. The highest BCUT2D eigenvalue weighted by molar-refractivity contribution is 5.93. The number of nitrogens with two attached hydrogens (primary N) is 1. The average Bonchev–Trinajstić information content (AvgIpc) is 3.18. The predicted molar refractivity (Wildman–Crippen MR) is 115 cm³/mol. The third-order valence-electron chi connectivity index (χ3n) is 5.48. The van der Waals surface area contributed by atoms with Crippen LogP contribution in [-0.4, -0.2) is 30.6 Å². The van der Waals surface area contributed by atoms with Crippen LogP contribution in [0.2, 0.25) is 0 Å². The Hall–Kier alpha value is -4.27. The van der Waals surface area contributed by atoms with E-state index in [-0.39, 0.29) is 10.9 Å². The minimum absolute atomic E-state index is 0.217. The summed E-state index contributed by atoms with van der Waals surface area (Å²) in [5.41, 5.74) is 8.95. The number of nitrogen functional groups attached to an aromatic ring is 1. The normalized spacial score (nSPS) is 12.9. The molecule has 0 saturated carbocycles. The van der Waals surface area contributed by atoms with E-state index >= 15 is 0 Å². The molecule has 5 heterocycles. The van der Waals surface area contributed by atoms with Crippen LogP contribution in [0.25, 0.3) is 16.6 Å². The number of hydrogen-bond acceptors (Lipinski definition) is 7. The van der Waals surface area contributed by atoms with Gasteiger partial charge in [-0.3, -0.25) is 9.78 Å². The number of rotatable bonds is 3. The molecular weight excluding hydrogens is 396 g/mol. The maximum Gasteiger partial charge on any atom is 0.341 e. The Labute approximate surface area is 176 Å². The van der Waals surface area contributed by atoms with Gasteiger partial charge in [0.2, 0.25) is 5.43 Å². The van der Waals surface area contributed by atoms with E-state index in [0.717, 1.165) is 16.8 Å². The second kappa shape index (κ2) is 6.91. The Morgan fingerprint density at radius 1 is 1.16 bits per heavy atom. The Morgan fingerprint density at radius 3 is 2.74 bits per heavy atom. The summed E-state index contributed by atoms with van der Waals surface area (Å²) in [5, 5.41) is 9.77. The van der Waals surface area contributed by atoms with Gasteiger partial charge in [-0.15, -0.1) is 0 Å². The van der Waals surface area contributed by atoms with E-state index in [0.29, 0.717) is 35.9 Å². The minimum Gasteiger partial charge on any atom is -0.477 e. The van der Waals surface area contributed by atoms with Gasteiger partial charge in [0.05, 0.1) is 35.0 Å². The monoisotopic (exact) mass is 414 g/mol. The van der Waals surface area contributed by atoms with Crippen molar-refractivity contribution in [3.05, 3.63) is 81.7 Å². The van der Waals surface area contributed by atoms with Crippen LogP contribution in [0, 0.1) is 6.92 Å². The summed E-state index contributed by atoms with van der Waals surface area (Å²) in [5.74, 6) is -0.274. The quantitative estimate of drug-likeness (QED) is 0.523. The van der Waals surface area contributed by atoms with Gasteiger partial charge in [0.1, 0.15) is 17.2 Å². The second-order valence-electron chi connectivity index (χ2n) is 7.47. The molecule has 0 aromatic carbocycles. The van der Waals surface area contributed by atoms with Crippen LogP contribution in [0.1, 0.15) is 27.2 Å². The van der Waals surface area contributed by atoms with Crippen molar-refractivity contribution in [3.8, 4) is 5.69 Å². The van der Waals surface area contributed by atoms with Crippen molar-refractivity contribution in [1.29, 1.82) is 0 Å². The van der Waals surface area contributed by atoms with E-state index in [4.69, 9.17) is 5.73 Å². The molecule has 0 radical (unpaired) electrons.